The normalized spacial score (nSPS) is 32.4. The largest absolute Gasteiger partial charge is 0.317 e. The van der Waals surface area contributed by atoms with Crippen LogP contribution in [0, 0.1) is 5.92 Å². The first-order valence-electron chi connectivity index (χ1n) is 7.18. The fraction of sp³-hybridized carbons (Fsp3) is 1.00. The molecule has 0 saturated heterocycles. The van der Waals surface area contributed by atoms with Crippen LogP contribution in [0.15, 0.2) is 0 Å². The van der Waals surface area contributed by atoms with E-state index >= 15 is 0 Å². The molecule has 2 nitrogen and oxygen atoms in total. The SMILES string of the molecule is CNC1CCCC1CN(C)C1CCCCC1. The van der Waals surface area contributed by atoms with Crippen molar-refractivity contribution in [1.29, 1.82) is 0 Å². The van der Waals surface area contributed by atoms with Crippen LogP contribution in [-0.4, -0.2) is 37.6 Å². The summed E-state index contributed by atoms with van der Waals surface area (Å²) in [7, 11) is 4.48. The van der Waals surface area contributed by atoms with Crippen LogP contribution in [0.5, 0.6) is 0 Å². The Balaban J connectivity index is 1.78. The van der Waals surface area contributed by atoms with Crippen molar-refractivity contribution in [3.8, 4) is 0 Å². The second-order valence-electron chi connectivity index (χ2n) is 5.82. The molecule has 0 aromatic rings. The molecule has 0 spiro atoms. The lowest BCUT2D eigenvalue weighted by molar-refractivity contribution is 0.159. The summed E-state index contributed by atoms with van der Waals surface area (Å²) < 4.78 is 0. The highest BCUT2D eigenvalue weighted by Crippen LogP contribution is 2.28. The Morgan fingerprint density at radius 3 is 2.44 bits per heavy atom. The number of hydrogen-bond donors (Lipinski definition) is 1. The van der Waals surface area contributed by atoms with Gasteiger partial charge in [0.15, 0.2) is 0 Å². The monoisotopic (exact) mass is 224 g/mol. The third-order valence-corrected chi connectivity index (χ3v) is 4.75. The van der Waals surface area contributed by atoms with Crippen LogP contribution in [0.1, 0.15) is 51.4 Å². The Morgan fingerprint density at radius 2 is 1.75 bits per heavy atom. The average molecular weight is 224 g/mol. The van der Waals surface area contributed by atoms with Gasteiger partial charge in [-0.25, -0.2) is 0 Å². The molecule has 2 atom stereocenters. The molecule has 2 aliphatic rings. The Kier molecular flexibility index (Phi) is 4.66. The topological polar surface area (TPSA) is 15.3 Å². The standard InChI is InChI=1S/C14H28N2/c1-15-14-10-6-7-12(14)11-16(2)13-8-4-3-5-9-13/h12-15H,3-11H2,1-2H3. The van der Waals surface area contributed by atoms with Gasteiger partial charge in [0.1, 0.15) is 0 Å². The van der Waals surface area contributed by atoms with E-state index in [1.165, 1.54) is 57.9 Å². The highest BCUT2D eigenvalue weighted by Gasteiger charge is 2.28. The van der Waals surface area contributed by atoms with Crippen molar-refractivity contribution in [3.05, 3.63) is 0 Å². The molecule has 2 saturated carbocycles. The van der Waals surface area contributed by atoms with Gasteiger partial charge in [0.05, 0.1) is 0 Å². The zero-order chi connectivity index (χ0) is 11.4. The quantitative estimate of drug-likeness (QED) is 0.790. The van der Waals surface area contributed by atoms with Crippen LogP contribution in [-0.2, 0) is 0 Å². The second-order valence-corrected chi connectivity index (χ2v) is 5.82. The van der Waals surface area contributed by atoms with Gasteiger partial charge in [-0.05, 0) is 45.7 Å². The summed E-state index contributed by atoms with van der Waals surface area (Å²) in [5.41, 5.74) is 0. The summed E-state index contributed by atoms with van der Waals surface area (Å²) in [4.78, 5) is 2.65. The molecule has 2 heteroatoms. The van der Waals surface area contributed by atoms with Gasteiger partial charge in [0, 0.05) is 18.6 Å². The van der Waals surface area contributed by atoms with Gasteiger partial charge in [-0.2, -0.15) is 0 Å². The van der Waals surface area contributed by atoms with Crippen LogP contribution >= 0.6 is 0 Å². The van der Waals surface area contributed by atoms with Crippen molar-refractivity contribution in [2.45, 2.75) is 63.5 Å². The maximum atomic E-state index is 3.50. The van der Waals surface area contributed by atoms with E-state index < -0.39 is 0 Å². The minimum atomic E-state index is 0.783. The van der Waals surface area contributed by atoms with E-state index in [1.807, 2.05) is 0 Å². The Labute approximate surface area is 101 Å². The minimum absolute atomic E-state index is 0.783. The van der Waals surface area contributed by atoms with Crippen LogP contribution in [0.4, 0.5) is 0 Å². The summed E-state index contributed by atoms with van der Waals surface area (Å²) in [5, 5.41) is 3.50. The third-order valence-electron chi connectivity index (χ3n) is 4.75. The minimum Gasteiger partial charge on any atom is -0.317 e. The van der Waals surface area contributed by atoms with E-state index in [1.54, 1.807) is 0 Å². The number of nitrogens with one attached hydrogen (secondary N) is 1. The van der Waals surface area contributed by atoms with Crippen molar-refractivity contribution >= 4 is 0 Å². The van der Waals surface area contributed by atoms with Gasteiger partial charge in [-0.1, -0.05) is 25.7 Å². The summed E-state index contributed by atoms with van der Waals surface area (Å²) in [5.74, 6) is 0.900. The van der Waals surface area contributed by atoms with Crippen molar-refractivity contribution in [2.24, 2.45) is 5.92 Å². The van der Waals surface area contributed by atoms with E-state index in [9.17, 15) is 0 Å². The van der Waals surface area contributed by atoms with Gasteiger partial charge >= 0.3 is 0 Å². The summed E-state index contributed by atoms with van der Waals surface area (Å²) >= 11 is 0. The lowest BCUT2D eigenvalue weighted by Crippen LogP contribution is -2.41. The first-order valence-corrected chi connectivity index (χ1v) is 7.18. The highest BCUT2D eigenvalue weighted by molar-refractivity contribution is 4.85. The summed E-state index contributed by atoms with van der Waals surface area (Å²) in [6, 6.07) is 1.66. The Morgan fingerprint density at radius 1 is 1.00 bits per heavy atom. The molecule has 0 aliphatic heterocycles. The molecule has 0 amide bonds. The molecule has 94 valence electrons. The first kappa shape index (κ1) is 12.4. The second kappa shape index (κ2) is 6.02. The van der Waals surface area contributed by atoms with Gasteiger partial charge in [0.2, 0.25) is 0 Å². The molecule has 1 N–H and O–H groups in total. The van der Waals surface area contributed by atoms with Crippen molar-refractivity contribution in [3.63, 3.8) is 0 Å². The maximum Gasteiger partial charge on any atom is 0.0104 e. The Hall–Kier alpha value is -0.0800. The zero-order valence-electron chi connectivity index (χ0n) is 11.0. The fourth-order valence-electron chi connectivity index (χ4n) is 3.68. The molecule has 0 radical (unpaired) electrons. The summed E-state index contributed by atoms with van der Waals surface area (Å²) in [6.45, 7) is 1.32. The lowest BCUT2D eigenvalue weighted by Gasteiger charge is -2.34. The highest BCUT2D eigenvalue weighted by atomic mass is 15.1. The molecule has 2 fully saturated rings. The first-order chi connectivity index (χ1) is 7.81. The number of hydrogen-bond acceptors (Lipinski definition) is 2. The van der Waals surface area contributed by atoms with Crippen molar-refractivity contribution < 1.29 is 0 Å². The number of nitrogens with zero attached hydrogens (tertiary/aromatic N) is 1. The van der Waals surface area contributed by atoms with Crippen LogP contribution < -0.4 is 5.32 Å². The summed E-state index contributed by atoms with van der Waals surface area (Å²) in [6.07, 6.45) is 11.5. The molecular formula is C14H28N2. The average Bonchev–Trinajstić information content (AvgIpc) is 2.77. The van der Waals surface area contributed by atoms with Gasteiger partial charge < -0.3 is 10.2 Å². The molecule has 16 heavy (non-hydrogen) atoms. The van der Waals surface area contributed by atoms with Crippen LogP contribution in [0.2, 0.25) is 0 Å². The predicted molar refractivity (Wildman–Crippen MR) is 69.7 cm³/mol. The molecule has 0 aromatic heterocycles. The van der Waals surface area contributed by atoms with E-state index in [4.69, 9.17) is 0 Å². The van der Waals surface area contributed by atoms with Crippen LogP contribution in [0.3, 0.4) is 0 Å². The molecule has 2 unspecified atom stereocenters. The molecule has 2 rings (SSSR count). The van der Waals surface area contributed by atoms with E-state index in [0.29, 0.717) is 0 Å². The fourth-order valence-corrected chi connectivity index (χ4v) is 3.68. The van der Waals surface area contributed by atoms with Crippen molar-refractivity contribution in [1.82, 2.24) is 10.2 Å². The Bertz CT molecular complexity index is 199. The third kappa shape index (κ3) is 2.98. The maximum absolute atomic E-state index is 3.50. The molecular weight excluding hydrogens is 196 g/mol. The van der Waals surface area contributed by atoms with E-state index in [-0.39, 0.29) is 0 Å². The lowest BCUT2D eigenvalue weighted by atomic mass is 9.93. The van der Waals surface area contributed by atoms with Gasteiger partial charge in [0.25, 0.3) is 0 Å². The smallest absolute Gasteiger partial charge is 0.0104 e. The van der Waals surface area contributed by atoms with E-state index in [2.05, 4.69) is 24.3 Å². The van der Waals surface area contributed by atoms with E-state index in [0.717, 1.165) is 18.0 Å². The zero-order valence-corrected chi connectivity index (χ0v) is 11.0. The van der Waals surface area contributed by atoms with Crippen LogP contribution in [0.25, 0.3) is 0 Å². The molecule has 2 aliphatic carbocycles. The van der Waals surface area contributed by atoms with Crippen molar-refractivity contribution in [2.75, 3.05) is 20.6 Å². The predicted octanol–water partition coefficient (Wildman–Crippen LogP) is 2.64. The molecule has 0 heterocycles. The molecule has 0 bridgehead atoms. The van der Waals surface area contributed by atoms with Gasteiger partial charge in [-0.15, -0.1) is 0 Å². The molecule has 0 aromatic carbocycles. The number of rotatable bonds is 4. The van der Waals surface area contributed by atoms with Gasteiger partial charge in [-0.3, -0.25) is 0 Å².